The molecule has 3 heterocycles. The van der Waals surface area contributed by atoms with E-state index in [1.165, 1.54) is 0 Å². The summed E-state index contributed by atoms with van der Waals surface area (Å²) in [5.41, 5.74) is 4.12. The van der Waals surface area contributed by atoms with E-state index in [4.69, 9.17) is 14.1 Å². The van der Waals surface area contributed by atoms with Gasteiger partial charge in [-0.3, -0.25) is 0 Å². The lowest BCUT2D eigenvalue weighted by Gasteiger charge is -2.13. The highest BCUT2D eigenvalue weighted by Gasteiger charge is 2.19. The lowest BCUT2D eigenvalue weighted by atomic mass is 9.93. The largest absolute Gasteiger partial charge is 0.489 e. The zero-order valence-electron chi connectivity index (χ0n) is 18.1. The zero-order chi connectivity index (χ0) is 22.1. The molecular weight excluding hydrogens is 422 g/mol. The second-order valence-corrected chi connectivity index (χ2v) is 9.54. The highest BCUT2D eigenvalue weighted by molar-refractivity contribution is 7.13. The van der Waals surface area contributed by atoms with Gasteiger partial charge in [0.15, 0.2) is 16.6 Å². The molecule has 2 aromatic carbocycles. The Kier molecular flexibility index (Phi) is 5.22. The fourth-order valence-corrected chi connectivity index (χ4v) is 4.41. The number of tetrazole rings is 1. The number of hydrogen-bond donors (Lipinski definition) is 1. The average molecular weight is 446 g/mol. The predicted octanol–water partition coefficient (Wildman–Crippen LogP) is 5.54. The Morgan fingerprint density at radius 2 is 1.91 bits per heavy atom. The topological polar surface area (TPSA) is 89.7 Å². The van der Waals surface area contributed by atoms with Crippen molar-refractivity contribution in [3.63, 3.8) is 0 Å². The minimum atomic E-state index is 0.0159. The molecule has 3 aromatic heterocycles. The second kappa shape index (κ2) is 8.20. The standard InChI is InChI=1S/C24H23N5O2S/c1-24(2,3)21-14-32-23(25-21)20-11-17-10-18(8-9-19(17)31-20)30-13-16-7-5-4-6-15(16)12-22-26-28-29-27-22/h4-11,14H,12-13H2,1-3H3,(H,26,27,28,29). The van der Waals surface area contributed by atoms with Crippen molar-refractivity contribution in [2.45, 2.75) is 39.2 Å². The SMILES string of the molecule is CC(C)(C)c1csc(-c2cc3cc(OCc4ccccc4Cc4nnn[nH]4)ccc3o2)n1. The van der Waals surface area contributed by atoms with E-state index in [9.17, 15) is 0 Å². The number of thiazole rings is 1. The van der Waals surface area contributed by atoms with E-state index in [1.807, 2.05) is 36.4 Å². The lowest BCUT2D eigenvalue weighted by molar-refractivity contribution is 0.305. The van der Waals surface area contributed by atoms with Gasteiger partial charge in [0.1, 0.15) is 17.9 Å². The monoisotopic (exact) mass is 445 g/mol. The highest BCUT2D eigenvalue weighted by Crippen LogP contribution is 2.34. The first kappa shape index (κ1) is 20.4. The number of aromatic nitrogens is 5. The molecule has 32 heavy (non-hydrogen) atoms. The van der Waals surface area contributed by atoms with Crippen LogP contribution in [0.25, 0.3) is 21.7 Å². The summed E-state index contributed by atoms with van der Waals surface area (Å²) in [6.07, 6.45) is 0.626. The fourth-order valence-electron chi connectivity index (χ4n) is 3.41. The summed E-state index contributed by atoms with van der Waals surface area (Å²) in [5, 5.41) is 18.1. The summed E-state index contributed by atoms with van der Waals surface area (Å²) in [7, 11) is 0. The van der Waals surface area contributed by atoms with Gasteiger partial charge in [-0.05, 0) is 45.8 Å². The molecule has 8 heteroatoms. The molecule has 0 aliphatic heterocycles. The van der Waals surface area contributed by atoms with Crippen LogP contribution in [-0.2, 0) is 18.4 Å². The molecule has 0 bridgehead atoms. The van der Waals surface area contributed by atoms with Crippen molar-refractivity contribution in [2.24, 2.45) is 0 Å². The van der Waals surface area contributed by atoms with Crippen molar-refractivity contribution in [3.05, 3.63) is 76.6 Å². The van der Waals surface area contributed by atoms with Crippen LogP contribution >= 0.6 is 11.3 Å². The summed E-state index contributed by atoms with van der Waals surface area (Å²) in [5.74, 6) is 2.29. The van der Waals surface area contributed by atoms with Crippen LogP contribution in [0.2, 0.25) is 0 Å². The smallest absolute Gasteiger partial charge is 0.164 e. The van der Waals surface area contributed by atoms with Crippen molar-refractivity contribution in [1.82, 2.24) is 25.6 Å². The van der Waals surface area contributed by atoms with Gasteiger partial charge in [-0.2, -0.15) is 0 Å². The fraction of sp³-hybridized carbons (Fsp3) is 0.250. The van der Waals surface area contributed by atoms with Gasteiger partial charge in [-0.15, -0.1) is 16.4 Å². The van der Waals surface area contributed by atoms with Gasteiger partial charge in [-0.25, -0.2) is 10.1 Å². The van der Waals surface area contributed by atoms with Crippen molar-refractivity contribution >= 4 is 22.3 Å². The Balaban J connectivity index is 1.34. The zero-order valence-corrected chi connectivity index (χ0v) is 18.9. The molecule has 0 fully saturated rings. The van der Waals surface area contributed by atoms with Crippen LogP contribution < -0.4 is 4.74 Å². The Labute approximate surface area is 189 Å². The van der Waals surface area contributed by atoms with Crippen LogP contribution in [0.4, 0.5) is 0 Å². The molecule has 0 unspecified atom stereocenters. The third-order valence-corrected chi connectivity index (χ3v) is 6.09. The molecular formula is C24H23N5O2S. The Morgan fingerprint density at radius 3 is 2.66 bits per heavy atom. The number of aromatic amines is 1. The maximum absolute atomic E-state index is 6.11. The number of fused-ring (bicyclic) bond motifs is 1. The number of nitrogens with zero attached hydrogens (tertiary/aromatic N) is 4. The maximum atomic E-state index is 6.11. The van der Waals surface area contributed by atoms with Crippen LogP contribution in [0, 0.1) is 0 Å². The molecule has 0 radical (unpaired) electrons. The summed E-state index contributed by atoms with van der Waals surface area (Å²) in [6.45, 7) is 6.94. The molecule has 0 aliphatic carbocycles. The van der Waals surface area contributed by atoms with E-state index in [2.05, 4.69) is 58.9 Å². The number of H-pyrrole nitrogens is 1. The summed E-state index contributed by atoms with van der Waals surface area (Å²) < 4.78 is 12.2. The maximum Gasteiger partial charge on any atom is 0.164 e. The molecule has 7 nitrogen and oxygen atoms in total. The van der Waals surface area contributed by atoms with Crippen molar-refractivity contribution in [3.8, 4) is 16.5 Å². The third kappa shape index (κ3) is 4.27. The molecule has 0 saturated carbocycles. The number of ether oxygens (including phenoxy) is 1. The minimum Gasteiger partial charge on any atom is -0.489 e. The number of furan rings is 1. The number of rotatable bonds is 6. The van der Waals surface area contributed by atoms with Crippen molar-refractivity contribution in [2.75, 3.05) is 0 Å². The summed E-state index contributed by atoms with van der Waals surface area (Å²) in [4.78, 5) is 4.76. The molecule has 1 N–H and O–H groups in total. The predicted molar refractivity (Wildman–Crippen MR) is 124 cm³/mol. The summed E-state index contributed by atoms with van der Waals surface area (Å²) in [6, 6.07) is 16.0. The van der Waals surface area contributed by atoms with Gasteiger partial charge in [0.05, 0.1) is 5.69 Å². The van der Waals surface area contributed by atoms with Crippen molar-refractivity contribution < 1.29 is 9.15 Å². The second-order valence-electron chi connectivity index (χ2n) is 8.68. The van der Waals surface area contributed by atoms with E-state index in [0.717, 1.165) is 50.1 Å². The summed E-state index contributed by atoms with van der Waals surface area (Å²) >= 11 is 1.61. The molecule has 5 aromatic rings. The van der Waals surface area contributed by atoms with E-state index in [1.54, 1.807) is 11.3 Å². The van der Waals surface area contributed by atoms with E-state index < -0.39 is 0 Å². The van der Waals surface area contributed by atoms with Crippen LogP contribution in [0.15, 0.2) is 58.3 Å². The van der Waals surface area contributed by atoms with E-state index >= 15 is 0 Å². The first-order chi connectivity index (χ1) is 15.5. The first-order valence-electron chi connectivity index (χ1n) is 10.4. The molecule has 0 atom stereocenters. The molecule has 0 amide bonds. The van der Waals surface area contributed by atoms with Gasteiger partial charge in [-0.1, -0.05) is 45.0 Å². The molecule has 0 saturated heterocycles. The van der Waals surface area contributed by atoms with E-state index in [-0.39, 0.29) is 5.41 Å². The molecule has 5 rings (SSSR count). The number of benzene rings is 2. The number of hydrogen-bond acceptors (Lipinski definition) is 7. The van der Waals surface area contributed by atoms with Crippen LogP contribution in [-0.4, -0.2) is 25.6 Å². The van der Waals surface area contributed by atoms with Gasteiger partial charge >= 0.3 is 0 Å². The Hall–Kier alpha value is -3.52. The molecule has 0 aliphatic rings. The van der Waals surface area contributed by atoms with Crippen LogP contribution in [0.3, 0.4) is 0 Å². The Bertz CT molecular complexity index is 1350. The van der Waals surface area contributed by atoms with Crippen LogP contribution in [0.1, 0.15) is 43.4 Å². The lowest BCUT2D eigenvalue weighted by Crippen LogP contribution is -2.11. The van der Waals surface area contributed by atoms with E-state index in [0.29, 0.717) is 13.0 Å². The Morgan fingerprint density at radius 1 is 1.06 bits per heavy atom. The van der Waals surface area contributed by atoms with Gasteiger partial charge in [0.2, 0.25) is 0 Å². The molecule has 162 valence electrons. The average Bonchev–Trinajstić information content (AvgIpc) is 3.52. The number of nitrogens with one attached hydrogen (secondary N) is 1. The third-order valence-electron chi connectivity index (χ3n) is 5.23. The highest BCUT2D eigenvalue weighted by atomic mass is 32.1. The van der Waals surface area contributed by atoms with Crippen molar-refractivity contribution in [1.29, 1.82) is 0 Å². The molecule has 0 spiro atoms. The van der Waals surface area contributed by atoms with Gasteiger partial charge in [0.25, 0.3) is 0 Å². The van der Waals surface area contributed by atoms with Gasteiger partial charge < -0.3 is 9.15 Å². The van der Waals surface area contributed by atoms with Crippen LogP contribution in [0.5, 0.6) is 5.75 Å². The first-order valence-corrected chi connectivity index (χ1v) is 11.3. The van der Waals surface area contributed by atoms with Gasteiger partial charge in [0, 0.05) is 22.6 Å². The minimum absolute atomic E-state index is 0.0159. The normalized spacial score (nSPS) is 11.8. The quantitative estimate of drug-likeness (QED) is 0.369.